The van der Waals surface area contributed by atoms with Crippen LogP contribution in [0.2, 0.25) is 0 Å². The lowest BCUT2D eigenvalue weighted by atomic mass is 10.1. The van der Waals surface area contributed by atoms with E-state index in [4.69, 9.17) is 5.73 Å². The Balaban J connectivity index is 1.80. The van der Waals surface area contributed by atoms with Crippen molar-refractivity contribution < 1.29 is 4.79 Å². The van der Waals surface area contributed by atoms with E-state index in [1.165, 1.54) is 17.7 Å². The molecule has 106 valence electrons. The first kappa shape index (κ1) is 14.5. The summed E-state index contributed by atoms with van der Waals surface area (Å²) in [6.07, 6.45) is 2.82. The van der Waals surface area contributed by atoms with Gasteiger partial charge >= 0.3 is 0 Å². The molecule has 1 aromatic rings. The lowest BCUT2D eigenvalue weighted by molar-refractivity contribution is -0.121. The Morgan fingerprint density at radius 2 is 2.32 bits per heavy atom. The molecule has 1 aliphatic rings. The molecule has 4 nitrogen and oxygen atoms in total. The molecule has 5 heteroatoms. The molecule has 0 aromatic carbocycles. The highest BCUT2D eigenvalue weighted by atomic mass is 32.1. The number of carbonyl (C=O) groups excluding carboxylic acids is 1. The van der Waals surface area contributed by atoms with E-state index in [1.807, 2.05) is 20.2 Å². The number of amides is 1. The Morgan fingerprint density at radius 3 is 2.84 bits per heavy atom. The molecule has 19 heavy (non-hydrogen) atoms. The average Bonchev–Trinajstić information content (AvgIpc) is 3.07. The van der Waals surface area contributed by atoms with E-state index in [0.29, 0.717) is 18.9 Å². The van der Waals surface area contributed by atoms with Gasteiger partial charge in [-0.25, -0.2) is 0 Å². The zero-order chi connectivity index (χ0) is 13.8. The van der Waals surface area contributed by atoms with Crippen molar-refractivity contribution in [1.29, 1.82) is 0 Å². The third-order valence-corrected chi connectivity index (χ3v) is 4.61. The molecule has 2 atom stereocenters. The van der Waals surface area contributed by atoms with Gasteiger partial charge in [-0.1, -0.05) is 6.07 Å². The molecule has 1 aliphatic carbocycles. The largest absolute Gasteiger partial charge is 0.354 e. The third-order valence-electron chi connectivity index (χ3n) is 3.64. The van der Waals surface area contributed by atoms with Crippen LogP contribution >= 0.6 is 11.3 Å². The zero-order valence-corrected chi connectivity index (χ0v) is 12.5. The molecule has 1 saturated carbocycles. The number of carbonyl (C=O) groups is 1. The summed E-state index contributed by atoms with van der Waals surface area (Å²) in [4.78, 5) is 15.3. The molecule has 0 bridgehead atoms. The molecule has 0 radical (unpaired) electrons. The van der Waals surface area contributed by atoms with Crippen LogP contribution in [0.5, 0.6) is 0 Å². The van der Waals surface area contributed by atoms with Gasteiger partial charge in [0.2, 0.25) is 5.91 Å². The molecule has 1 heterocycles. The molecular weight excluding hydrogens is 258 g/mol. The lowest BCUT2D eigenvalue weighted by Gasteiger charge is -2.23. The van der Waals surface area contributed by atoms with Crippen molar-refractivity contribution in [2.45, 2.75) is 31.3 Å². The van der Waals surface area contributed by atoms with Gasteiger partial charge in [0.25, 0.3) is 0 Å². The van der Waals surface area contributed by atoms with Crippen LogP contribution in [-0.4, -0.2) is 37.5 Å². The van der Waals surface area contributed by atoms with Crippen molar-refractivity contribution in [3.8, 4) is 0 Å². The van der Waals surface area contributed by atoms with Crippen LogP contribution in [0.25, 0.3) is 0 Å². The summed E-state index contributed by atoms with van der Waals surface area (Å²) < 4.78 is 0. The van der Waals surface area contributed by atoms with Crippen LogP contribution in [0, 0.1) is 5.92 Å². The fourth-order valence-electron chi connectivity index (χ4n) is 2.21. The normalized spacial score (nSPS) is 18.3. The van der Waals surface area contributed by atoms with E-state index in [-0.39, 0.29) is 18.0 Å². The number of nitrogens with one attached hydrogen (secondary N) is 1. The zero-order valence-electron chi connectivity index (χ0n) is 11.6. The number of thiophene rings is 1. The van der Waals surface area contributed by atoms with Crippen molar-refractivity contribution >= 4 is 17.2 Å². The fourth-order valence-corrected chi connectivity index (χ4v) is 3.13. The van der Waals surface area contributed by atoms with Crippen molar-refractivity contribution in [3.05, 3.63) is 22.4 Å². The third kappa shape index (κ3) is 4.30. The first-order chi connectivity index (χ1) is 9.08. The van der Waals surface area contributed by atoms with E-state index in [9.17, 15) is 4.79 Å². The highest BCUT2D eigenvalue weighted by molar-refractivity contribution is 7.10. The van der Waals surface area contributed by atoms with Crippen molar-refractivity contribution in [2.75, 3.05) is 20.6 Å². The maximum atomic E-state index is 11.9. The second-order valence-corrected chi connectivity index (χ2v) is 6.48. The van der Waals surface area contributed by atoms with Crippen LogP contribution < -0.4 is 11.1 Å². The van der Waals surface area contributed by atoms with Gasteiger partial charge in [-0.15, -0.1) is 11.3 Å². The molecule has 0 aliphatic heterocycles. The van der Waals surface area contributed by atoms with Crippen LogP contribution in [0.1, 0.15) is 30.2 Å². The molecule has 3 N–H and O–H groups in total. The first-order valence-corrected chi connectivity index (χ1v) is 7.68. The van der Waals surface area contributed by atoms with Crippen molar-refractivity contribution in [2.24, 2.45) is 11.7 Å². The van der Waals surface area contributed by atoms with Gasteiger partial charge in [0.1, 0.15) is 0 Å². The summed E-state index contributed by atoms with van der Waals surface area (Å²) in [7, 11) is 4.07. The van der Waals surface area contributed by atoms with Crippen LogP contribution in [0.3, 0.4) is 0 Å². The van der Waals surface area contributed by atoms with E-state index in [1.54, 1.807) is 11.3 Å². The molecule has 0 spiro atoms. The van der Waals surface area contributed by atoms with Gasteiger partial charge in [-0.3, -0.25) is 4.79 Å². The lowest BCUT2D eigenvalue weighted by Crippen LogP contribution is -2.37. The molecule has 1 amide bonds. The molecular formula is C14H23N3OS. The number of rotatable bonds is 7. The monoisotopic (exact) mass is 281 g/mol. The quantitative estimate of drug-likeness (QED) is 0.798. The van der Waals surface area contributed by atoms with Crippen LogP contribution in [0.15, 0.2) is 17.5 Å². The smallest absolute Gasteiger partial charge is 0.221 e. The SMILES string of the molecule is CN(C)C(CNC(=O)CC(N)C1CC1)c1cccs1. The number of likely N-dealkylation sites (N-methyl/N-ethyl adjacent to an activating group) is 1. The minimum Gasteiger partial charge on any atom is -0.354 e. The van der Waals surface area contributed by atoms with Gasteiger partial charge in [-0.2, -0.15) is 0 Å². The Labute approximate surface area is 119 Å². The van der Waals surface area contributed by atoms with Crippen molar-refractivity contribution in [3.63, 3.8) is 0 Å². The second-order valence-electron chi connectivity index (χ2n) is 5.50. The van der Waals surface area contributed by atoms with Gasteiger partial charge in [0, 0.05) is 23.9 Å². The predicted molar refractivity (Wildman–Crippen MR) is 79.1 cm³/mol. The number of nitrogens with two attached hydrogens (primary N) is 1. The predicted octanol–water partition coefficient (Wildman–Crippen LogP) is 1.59. The van der Waals surface area contributed by atoms with Crippen LogP contribution in [-0.2, 0) is 4.79 Å². The van der Waals surface area contributed by atoms with Gasteiger partial charge in [0.05, 0.1) is 6.04 Å². The first-order valence-electron chi connectivity index (χ1n) is 6.80. The highest BCUT2D eigenvalue weighted by Gasteiger charge is 2.29. The average molecular weight is 281 g/mol. The maximum absolute atomic E-state index is 11.9. The van der Waals surface area contributed by atoms with E-state index < -0.39 is 0 Å². The summed E-state index contributed by atoms with van der Waals surface area (Å²) in [6.45, 7) is 0.643. The summed E-state index contributed by atoms with van der Waals surface area (Å²) in [5, 5.41) is 5.08. The number of hydrogen-bond acceptors (Lipinski definition) is 4. The molecule has 1 aromatic heterocycles. The van der Waals surface area contributed by atoms with Gasteiger partial charge in [-0.05, 0) is 44.3 Å². The Kier molecular flexibility index (Phi) is 4.96. The summed E-state index contributed by atoms with van der Waals surface area (Å²) in [5.41, 5.74) is 5.97. The molecule has 2 rings (SSSR count). The van der Waals surface area contributed by atoms with Crippen LogP contribution in [0.4, 0.5) is 0 Å². The standard InChI is InChI=1S/C14H23N3OS/c1-17(2)12(13-4-3-7-19-13)9-16-14(18)8-11(15)10-5-6-10/h3-4,7,10-12H,5-6,8-9,15H2,1-2H3,(H,16,18). The second kappa shape index (κ2) is 6.50. The summed E-state index contributed by atoms with van der Waals surface area (Å²) >= 11 is 1.72. The molecule has 1 fully saturated rings. The fraction of sp³-hybridized carbons (Fsp3) is 0.643. The maximum Gasteiger partial charge on any atom is 0.221 e. The minimum absolute atomic E-state index is 0.0412. The summed E-state index contributed by atoms with van der Waals surface area (Å²) in [6, 6.07) is 4.43. The van der Waals surface area contributed by atoms with E-state index >= 15 is 0 Å². The van der Waals surface area contributed by atoms with E-state index in [0.717, 1.165) is 0 Å². The van der Waals surface area contributed by atoms with Gasteiger partial charge in [0.15, 0.2) is 0 Å². The molecule has 0 saturated heterocycles. The van der Waals surface area contributed by atoms with Gasteiger partial charge < -0.3 is 16.0 Å². The topological polar surface area (TPSA) is 58.4 Å². The highest BCUT2D eigenvalue weighted by Crippen LogP contribution is 2.32. The van der Waals surface area contributed by atoms with E-state index in [2.05, 4.69) is 21.7 Å². The Bertz CT molecular complexity index is 401. The number of nitrogens with zero attached hydrogens (tertiary/aromatic N) is 1. The Morgan fingerprint density at radius 1 is 1.58 bits per heavy atom. The number of hydrogen-bond donors (Lipinski definition) is 2. The van der Waals surface area contributed by atoms with Crippen molar-refractivity contribution in [1.82, 2.24) is 10.2 Å². The minimum atomic E-state index is 0.0412. The Hall–Kier alpha value is -0.910. The summed E-state index contributed by atoms with van der Waals surface area (Å²) in [5.74, 6) is 0.649. The molecule has 2 unspecified atom stereocenters.